The Kier molecular flexibility index (Phi) is 8.00. The van der Waals surface area contributed by atoms with Crippen LogP contribution >= 0.6 is 23.2 Å². The lowest BCUT2D eigenvalue weighted by atomic mass is 9.90. The number of methoxy groups -OCH3 is 1. The van der Waals surface area contributed by atoms with E-state index in [0.717, 1.165) is 61.5 Å². The van der Waals surface area contributed by atoms with E-state index < -0.39 is 0 Å². The number of nitrogens with zero attached hydrogens (tertiary/aromatic N) is 2. The number of aromatic nitrogens is 2. The lowest BCUT2D eigenvalue weighted by Crippen LogP contribution is -2.42. The topological polar surface area (TPSA) is 71.1 Å². The van der Waals surface area contributed by atoms with Gasteiger partial charge in [-0.25, -0.2) is 9.97 Å². The summed E-state index contributed by atoms with van der Waals surface area (Å²) in [6.07, 6.45) is 10.5. The van der Waals surface area contributed by atoms with Gasteiger partial charge in [-0.1, -0.05) is 30.1 Å². The molecule has 0 spiro atoms. The van der Waals surface area contributed by atoms with Crippen molar-refractivity contribution in [3.05, 3.63) is 34.7 Å². The molecular formula is C25H35Cl2N5O. The number of rotatable bonds is 10. The maximum Gasteiger partial charge on any atom is 0.137 e. The molecule has 2 aromatic heterocycles. The van der Waals surface area contributed by atoms with Gasteiger partial charge in [-0.05, 0) is 63.0 Å². The Labute approximate surface area is 207 Å². The highest BCUT2D eigenvalue weighted by atomic mass is 35.5. The lowest BCUT2D eigenvalue weighted by molar-refractivity contribution is 0.161. The van der Waals surface area contributed by atoms with Gasteiger partial charge in [0.15, 0.2) is 0 Å². The van der Waals surface area contributed by atoms with E-state index in [2.05, 4.69) is 39.8 Å². The number of anilines is 2. The van der Waals surface area contributed by atoms with Crippen molar-refractivity contribution >= 4 is 34.7 Å². The van der Waals surface area contributed by atoms with E-state index in [-0.39, 0.29) is 0 Å². The van der Waals surface area contributed by atoms with E-state index in [9.17, 15) is 0 Å². The first kappa shape index (κ1) is 24.5. The van der Waals surface area contributed by atoms with E-state index >= 15 is 0 Å². The number of pyridine rings is 2. The zero-order valence-electron chi connectivity index (χ0n) is 19.8. The Morgan fingerprint density at radius 1 is 1.06 bits per heavy atom. The molecule has 8 heteroatoms. The Balaban J connectivity index is 1.40. The Hall–Kier alpha value is -1.60. The molecule has 3 N–H and O–H groups in total. The summed E-state index contributed by atoms with van der Waals surface area (Å²) in [5.74, 6) is 0.818. The molecule has 0 unspecified atom stereocenters. The van der Waals surface area contributed by atoms with E-state index in [1.54, 1.807) is 19.5 Å². The second kappa shape index (κ2) is 10.8. The summed E-state index contributed by atoms with van der Waals surface area (Å²) in [5, 5.41) is 11.8. The minimum absolute atomic E-state index is 0.376. The standard InChI is InChI=1S/C25H35Cl2N5O/c1-16(14-33-3)31-17-4-6-18(7-5-17)32-23-11-20(22(26)13-28-23)21-10-19(12-29-24(21)27)30-15-25(2)8-9-25/h10-13,16-18,30-31H,4-9,14-15H2,1-3H3,(H,28,32)/t16-,17?,18?/m0/s1. The van der Waals surface area contributed by atoms with E-state index in [1.165, 1.54) is 12.8 Å². The van der Waals surface area contributed by atoms with Crippen LogP contribution in [0.15, 0.2) is 24.5 Å². The number of hydrogen-bond acceptors (Lipinski definition) is 6. The van der Waals surface area contributed by atoms with Crippen molar-refractivity contribution in [2.24, 2.45) is 5.41 Å². The van der Waals surface area contributed by atoms with Crippen LogP contribution in [0.3, 0.4) is 0 Å². The summed E-state index contributed by atoms with van der Waals surface area (Å²) in [4.78, 5) is 8.92. The smallest absolute Gasteiger partial charge is 0.137 e. The Morgan fingerprint density at radius 3 is 2.48 bits per heavy atom. The molecule has 2 aromatic rings. The Bertz CT molecular complexity index is 944. The number of ether oxygens (including phenoxy) is 1. The average Bonchev–Trinajstić information content (AvgIpc) is 3.53. The van der Waals surface area contributed by atoms with Crippen LogP contribution in [0.1, 0.15) is 52.4 Å². The highest BCUT2D eigenvalue weighted by Crippen LogP contribution is 2.45. The second-order valence-electron chi connectivity index (χ2n) is 9.99. The van der Waals surface area contributed by atoms with Gasteiger partial charge in [0.25, 0.3) is 0 Å². The molecule has 2 fully saturated rings. The third-order valence-electron chi connectivity index (χ3n) is 6.82. The molecule has 33 heavy (non-hydrogen) atoms. The lowest BCUT2D eigenvalue weighted by Gasteiger charge is -2.32. The minimum atomic E-state index is 0.376. The summed E-state index contributed by atoms with van der Waals surface area (Å²) in [6, 6.07) is 5.33. The van der Waals surface area contributed by atoms with Gasteiger partial charge in [0.2, 0.25) is 0 Å². The quantitative estimate of drug-likeness (QED) is 0.353. The fourth-order valence-corrected chi connectivity index (χ4v) is 4.89. The molecule has 0 radical (unpaired) electrons. The van der Waals surface area contributed by atoms with Crippen molar-refractivity contribution in [3.8, 4) is 11.1 Å². The van der Waals surface area contributed by atoms with E-state index in [4.69, 9.17) is 27.9 Å². The van der Waals surface area contributed by atoms with Crippen molar-refractivity contribution in [2.45, 2.75) is 70.5 Å². The minimum Gasteiger partial charge on any atom is -0.383 e. The van der Waals surface area contributed by atoms with Gasteiger partial charge in [-0.2, -0.15) is 0 Å². The molecule has 0 aliphatic heterocycles. The van der Waals surface area contributed by atoms with Gasteiger partial charge in [0.05, 0.1) is 23.5 Å². The van der Waals surface area contributed by atoms with E-state index in [1.807, 2.05) is 12.1 Å². The normalized spacial score (nSPS) is 22.6. The monoisotopic (exact) mass is 491 g/mol. The van der Waals surface area contributed by atoms with Gasteiger partial charge < -0.3 is 20.7 Å². The zero-order chi connectivity index (χ0) is 23.4. The van der Waals surface area contributed by atoms with Crippen molar-refractivity contribution in [3.63, 3.8) is 0 Å². The molecule has 0 aromatic carbocycles. The number of nitrogens with one attached hydrogen (secondary N) is 3. The highest BCUT2D eigenvalue weighted by Gasteiger charge is 2.36. The summed E-state index contributed by atoms with van der Waals surface area (Å²) < 4.78 is 5.24. The van der Waals surface area contributed by atoms with Crippen molar-refractivity contribution in [2.75, 3.05) is 30.9 Å². The third-order valence-corrected chi connectivity index (χ3v) is 7.43. The molecule has 2 aliphatic rings. The van der Waals surface area contributed by atoms with Gasteiger partial charge in [-0.3, -0.25) is 0 Å². The molecule has 2 saturated carbocycles. The van der Waals surface area contributed by atoms with Gasteiger partial charge >= 0.3 is 0 Å². The van der Waals surface area contributed by atoms with Crippen LogP contribution in [0.4, 0.5) is 11.5 Å². The predicted molar refractivity (Wildman–Crippen MR) is 137 cm³/mol. The molecule has 2 aliphatic carbocycles. The van der Waals surface area contributed by atoms with Crippen molar-refractivity contribution in [1.82, 2.24) is 15.3 Å². The largest absolute Gasteiger partial charge is 0.383 e. The zero-order valence-corrected chi connectivity index (χ0v) is 21.3. The van der Waals surface area contributed by atoms with Crippen LogP contribution < -0.4 is 16.0 Å². The average molecular weight is 492 g/mol. The van der Waals surface area contributed by atoms with Gasteiger partial charge in [-0.15, -0.1) is 0 Å². The first-order valence-electron chi connectivity index (χ1n) is 11.9. The molecule has 1 atom stereocenters. The highest BCUT2D eigenvalue weighted by molar-refractivity contribution is 6.36. The third kappa shape index (κ3) is 6.72. The molecule has 6 nitrogen and oxygen atoms in total. The molecule has 180 valence electrons. The summed E-state index contributed by atoms with van der Waals surface area (Å²) in [5.41, 5.74) is 3.02. The summed E-state index contributed by atoms with van der Waals surface area (Å²) in [7, 11) is 1.75. The molecule has 0 bridgehead atoms. The first-order valence-corrected chi connectivity index (χ1v) is 12.7. The van der Waals surface area contributed by atoms with Crippen LogP contribution in [-0.4, -0.2) is 48.4 Å². The van der Waals surface area contributed by atoms with Gasteiger partial charge in [0, 0.05) is 49.1 Å². The SMILES string of the molecule is COC[C@H](C)NC1CCC(Nc2cc(-c3cc(NCC4(C)CC4)cnc3Cl)c(Cl)cn2)CC1. The van der Waals surface area contributed by atoms with E-state index in [0.29, 0.717) is 33.7 Å². The fourth-order valence-electron chi connectivity index (χ4n) is 4.48. The van der Waals surface area contributed by atoms with Crippen LogP contribution in [0.25, 0.3) is 11.1 Å². The van der Waals surface area contributed by atoms with Crippen LogP contribution in [-0.2, 0) is 4.74 Å². The second-order valence-corrected chi connectivity index (χ2v) is 10.8. The fraction of sp³-hybridized carbons (Fsp3) is 0.600. The molecule has 0 amide bonds. The van der Waals surface area contributed by atoms with Gasteiger partial charge in [0.1, 0.15) is 11.0 Å². The summed E-state index contributed by atoms with van der Waals surface area (Å²) in [6.45, 7) is 6.15. The molecule has 4 rings (SSSR count). The van der Waals surface area contributed by atoms with Crippen molar-refractivity contribution in [1.29, 1.82) is 0 Å². The maximum absolute atomic E-state index is 6.54. The molecule has 2 heterocycles. The van der Waals surface area contributed by atoms with Crippen LogP contribution in [0.5, 0.6) is 0 Å². The number of halogens is 2. The van der Waals surface area contributed by atoms with Crippen LogP contribution in [0.2, 0.25) is 10.2 Å². The summed E-state index contributed by atoms with van der Waals surface area (Å²) >= 11 is 13.0. The maximum atomic E-state index is 6.54. The predicted octanol–water partition coefficient (Wildman–Crippen LogP) is 6.01. The van der Waals surface area contributed by atoms with Crippen LogP contribution in [0, 0.1) is 5.41 Å². The molecular weight excluding hydrogens is 457 g/mol. The Morgan fingerprint density at radius 2 is 1.79 bits per heavy atom. The van der Waals surface area contributed by atoms with Crippen molar-refractivity contribution < 1.29 is 4.74 Å². The number of hydrogen-bond donors (Lipinski definition) is 3. The molecule has 0 saturated heterocycles. The first-order chi connectivity index (χ1) is 15.8.